The van der Waals surface area contributed by atoms with Crippen molar-refractivity contribution in [1.82, 2.24) is 25.1 Å². The molecule has 0 bridgehead atoms. The van der Waals surface area contributed by atoms with Gasteiger partial charge >= 0.3 is 5.69 Å². The van der Waals surface area contributed by atoms with Gasteiger partial charge in [0.05, 0.1) is 0 Å². The number of aromatic amines is 1. The highest BCUT2D eigenvalue weighted by molar-refractivity contribution is 5.47. The molecule has 0 spiro atoms. The SMILES string of the molecule is O=c1[nH]nc2ccc(N3CC[C@@H]4CNC[C@@H]43)nn12. The van der Waals surface area contributed by atoms with Gasteiger partial charge in [-0.15, -0.1) is 5.10 Å². The van der Waals surface area contributed by atoms with Crippen molar-refractivity contribution in [1.29, 1.82) is 0 Å². The lowest BCUT2D eigenvalue weighted by molar-refractivity contribution is 0.576. The Balaban J connectivity index is 1.78. The van der Waals surface area contributed by atoms with Gasteiger partial charge in [0.15, 0.2) is 5.65 Å². The Labute approximate surface area is 103 Å². The van der Waals surface area contributed by atoms with E-state index in [1.807, 2.05) is 12.1 Å². The maximum Gasteiger partial charge on any atom is 0.364 e. The summed E-state index contributed by atoms with van der Waals surface area (Å²) in [7, 11) is 0. The van der Waals surface area contributed by atoms with Crippen LogP contribution in [0.2, 0.25) is 0 Å². The molecule has 2 N–H and O–H groups in total. The number of hydrogen-bond donors (Lipinski definition) is 2. The summed E-state index contributed by atoms with van der Waals surface area (Å²) in [5.41, 5.74) is 0.274. The van der Waals surface area contributed by atoms with Crippen LogP contribution in [0.1, 0.15) is 6.42 Å². The van der Waals surface area contributed by atoms with Crippen molar-refractivity contribution in [2.45, 2.75) is 12.5 Å². The Hall–Kier alpha value is -1.89. The van der Waals surface area contributed by atoms with E-state index in [1.54, 1.807) is 0 Å². The van der Waals surface area contributed by atoms with Gasteiger partial charge in [0.25, 0.3) is 0 Å². The summed E-state index contributed by atoms with van der Waals surface area (Å²) in [5, 5.41) is 14.1. The maximum absolute atomic E-state index is 11.5. The molecular formula is C11H14N6O. The molecule has 2 aromatic heterocycles. The molecule has 0 unspecified atom stereocenters. The third kappa shape index (κ3) is 1.30. The summed E-state index contributed by atoms with van der Waals surface area (Å²) in [4.78, 5) is 13.8. The normalized spacial score (nSPS) is 27.0. The number of rotatable bonds is 1. The number of fused-ring (bicyclic) bond motifs is 2. The van der Waals surface area contributed by atoms with Crippen LogP contribution in [0, 0.1) is 5.92 Å². The van der Waals surface area contributed by atoms with E-state index in [2.05, 4.69) is 25.5 Å². The molecule has 2 aliphatic heterocycles. The fraction of sp³-hybridized carbons (Fsp3) is 0.545. The highest BCUT2D eigenvalue weighted by atomic mass is 16.2. The van der Waals surface area contributed by atoms with Gasteiger partial charge < -0.3 is 10.2 Å². The maximum atomic E-state index is 11.5. The first-order chi connectivity index (χ1) is 8.83. The van der Waals surface area contributed by atoms with Crippen molar-refractivity contribution in [2.75, 3.05) is 24.5 Å². The van der Waals surface area contributed by atoms with Crippen LogP contribution in [-0.2, 0) is 0 Å². The number of hydrogen-bond acceptors (Lipinski definition) is 5. The molecule has 2 atom stereocenters. The Morgan fingerprint density at radius 1 is 1.33 bits per heavy atom. The zero-order valence-corrected chi connectivity index (χ0v) is 9.83. The number of anilines is 1. The van der Waals surface area contributed by atoms with Gasteiger partial charge in [-0.25, -0.2) is 9.89 Å². The van der Waals surface area contributed by atoms with E-state index in [-0.39, 0.29) is 5.69 Å². The van der Waals surface area contributed by atoms with E-state index in [0.29, 0.717) is 17.6 Å². The van der Waals surface area contributed by atoms with Gasteiger partial charge in [-0.3, -0.25) is 0 Å². The van der Waals surface area contributed by atoms with Gasteiger partial charge in [0.1, 0.15) is 5.82 Å². The van der Waals surface area contributed by atoms with Crippen LogP contribution in [0.3, 0.4) is 0 Å². The molecule has 2 aromatic rings. The van der Waals surface area contributed by atoms with Gasteiger partial charge in [-0.1, -0.05) is 0 Å². The van der Waals surface area contributed by atoms with Gasteiger partial charge in [-0.2, -0.15) is 9.61 Å². The number of aromatic nitrogens is 4. The first kappa shape index (κ1) is 10.1. The van der Waals surface area contributed by atoms with Crippen molar-refractivity contribution in [3.05, 3.63) is 22.6 Å². The van der Waals surface area contributed by atoms with Crippen LogP contribution >= 0.6 is 0 Å². The fourth-order valence-corrected chi connectivity index (χ4v) is 3.08. The third-order valence-electron chi connectivity index (χ3n) is 4.00. The zero-order chi connectivity index (χ0) is 12.1. The van der Waals surface area contributed by atoms with Crippen LogP contribution in [0.5, 0.6) is 0 Å². The van der Waals surface area contributed by atoms with Crippen LogP contribution in [0.15, 0.2) is 16.9 Å². The lowest BCUT2D eigenvalue weighted by Crippen LogP contribution is -2.35. The van der Waals surface area contributed by atoms with Gasteiger partial charge in [-0.05, 0) is 24.5 Å². The Morgan fingerprint density at radius 2 is 2.28 bits per heavy atom. The minimum absolute atomic E-state index is 0.285. The third-order valence-corrected chi connectivity index (χ3v) is 4.00. The van der Waals surface area contributed by atoms with Gasteiger partial charge in [0, 0.05) is 25.7 Å². The summed E-state index contributed by atoms with van der Waals surface area (Å²) >= 11 is 0. The van der Waals surface area contributed by atoms with Crippen molar-refractivity contribution < 1.29 is 0 Å². The average molecular weight is 246 g/mol. The lowest BCUT2D eigenvalue weighted by Gasteiger charge is -2.23. The Morgan fingerprint density at radius 3 is 3.22 bits per heavy atom. The largest absolute Gasteiger partial charge is 0.364 e. The molecule has 94 valence electrons. The summed E-state index contributed by atoms with van der Waals surface area (Å²) in [5.74, 6) is 1.57. The van der Waals surface area contributed by atoms with Crippen molar-refractivity contribution in [3.8, 4) is 0 Å². The molecule has 0 aromatic carbocycles. The molecule has 4 heterocycles. The minimum Gasteiger partial charge on any atom is -0.351 e. The predicted octanol–water partition coefficient (Wildman–Crippen LogP) is -0.784. The summed E-state index contributed by atoms with van der Waals surface area (Å²) < 4.78 is 1.32. The van der Waals surface area contributed by atoms with Crippen molar-refractivity contribution in [3.63, 3.8) is 0 Å². The summed E-state index contributed by atoms with van der Waals surface area (Å²) in [6, 6.07) is 4.28. The zero-order valence-electron chi connectivity index (χ0n) is 9.83. The molecule has 4 rings (SSSR count). The van der Waals surface area contributed by atoms with E-state index < -0.39 is 0 Å². The molecule has 0 saturated carbocycles. The van der Waals surface area contributed by atoms with Crippen molar-refractivity contribution in [2.24, 2.45) is 5.92 Å². The van der Waals surface area contributed by atoms with Crippen LogP contribution in [-0.4, -0.2) is 45.5 Å². The highest BCUT2D eigenvalue weighted by Crippen LogP contribution is 2.30. The second-order valence-corrected chi connectivity index (χ2v) is 4.96. The summed E-state index contributed by atoms with van der Waals surface area (Å²) in [6.07, 6.45) is 1.19. The number of nitrogens with zero attached hydrogens (tertiary/aromatic N) is 4. The van der Waals surface area contributed by atoms with Crippen LogP contribution < -0.4 is 15.9 Å². The average Bonchev–Trinajstić information content (AvgIpc) is 3.04. The Bertz CT molecular complexity index is 646. The molecule has 0 aliphatic carbocycles. The van der Waals surface area contributed by atoms with E-state index in [4.69, 9.17) is 0 Å². The molecule has 2 fully saturated rings. The lowest BCUT2D eigenvalue weighted by atomic mass is 10.1. The smallest absolute Gasteiger partial charge is 0.351 e. The minimum atomic E-state index is -0.285. The van der Waals surface area contributed by atoms with Crippen molar-refractivity contribution >= 4 is 11.5 Å². The number of nitrogens with one attached hydrogen (secondary N) is 2. The monoisotopic (exact) mass is 246 g/mol. The van der Waals surface area contributed by atoms with Crippen LogP contribution in [0.25, 0.3) is 5.65 Å². The molecule has 7 nitrogen and oxygen atoms in total. The molecule has 2 aliphatic rings. The predicted molar refractivity (Wildman–Crippen MR) is 65.7 cm³/mol. The second kappa shape index (κ2) is 3.55. The second-order valence-electron chi connectivity index (χ2n) is 4.96. The van der Waals surface area contributed by atoms with Gasteiger partial charge in [0.2, 0.25) is 0 Å². The summed E-state index contributed by atoms with van der Waals surface area (Å²) in [6.45, 7) is 3.11. The quantitative estimate of drug-likeness (QED) is 0.690. The molecular weight excluding hydrogens is 232 g/mol. The highest BCUT2D eigenvalue weighted by Gasteiger charge is 2.38. The van der Waals surface area contributed by atoms with E-state index in [1.165, 1.54) is 10.9 Å². The van der Waals surface area contributed by atoms with Crippen LogP contribution in [0.4, 0.5) is 5.82 Å². The fourth-order valence-electron chi connectivity index (χ4n) is 3.08. The molecule has 7 heteroatoms. The topological polar surface area (TPSA) is 78.3 Å². The first-order valence-electron chi connectivity index (χ1n) is 6.25. The first-order valence-corrected chi connectivity index (χ1v) is 6.25. The Kier molecular flexibility index (Phi) is 1.99. The van der Waals surface area contributed by atoms with E-state index in [9.17, 15) is 4.79 Å². The number of H-pyrrole nitrogens is 1. The van der Waals surface area contributed by atoms with E-state index in [0.717, 1.165) is 25.5 Å². The molecule has 0 radical (unpaired) electrons. The molecule has 18 heavy (non-hydrogen) atoms. The molecule has 2 saturated heterocycles. The standard InChI is InChI=1S/C11H14N6O/c18-11-14-13-9-1-2-10(15-17(9)11)16-4-3-7-5-12-6-8(7)16/h1-2,7-8,12H,3-6H2,(H,14,18)/t7-,8+/m1/s1. The van der Waals surface area contributed by atoms with E-state index >= 15 is 0 Å². The molecule has 0 amide bonds.